The highest BCUT2D eigenvalue weighted by Crippen LogP contribution is 2.48. The molecule has 31 heavy (non-hydrogen) atoms. The topological polar surface area (TPSA) is 13.1 Å². The number of hydrogen-bond donors (Lipinski definition) is 0. The van der Waals surface area contributed by atoms with E-state index in [2.05, 4.69) is 79.7 Å². The molecule has 1 heterocycles. The minimum atomic E-state index is 0.707. The predicted octanol–water partition coefficient (Wildman–Crippen LogP) is 8.91. The van der Waals surface area contributed by atoms with Crippen LogP contribution in [0.15, 0.2) is 114 Å². The van der Waals surface area contributed by atoms with Crippen LogP contribution < -0.4 is 0 Å². The molecule has 0 fully saturated rings. The van der Waals surface area contributed by atoms with E-state index in [1.54, 1.807) is 0 Å². The Morgan fingerprint density at radius 1 is 0.484 bits per heavy atom. The molecule has 5 rings (SSSR count). The molecule has 150 valence electrons. The minimum Gasteiger partial charge on any atom is -0.455 e. The van der Waals surface area contributed by atoms with Crippen molar-refractivity contribution in [1.29, 1.82) is 0 Å². The van der Waals surface area contributed by atoms with Gasteiger partial charge < -0.3 is 4.42 Å². The summed E-state index contributed by atoms with van der Waals surface area (Å²) in [4.78, 5) is 0. The highest BCUT2D eigenvalue weighted by atomic mass is 35.5. The summed E-state index contributed by atoms with van der Waals surface area (Å²) in [6.45, 7) is 2.10. The third kappa shape index (κ3) is 3.81. The van der Waals surface area contributed by atoms with Crippen LogP contribution in [0.5, 0.6) is 0 Å². The van der Waals surface area contributed by atoms with Gasteiger partial charge in [0.15, 0.2) is 0 Å². The van der Waals surface area contributed by atoms with Crippen LogP contribution in [0, 0.1) is 6.92 Å². The van der Waals surface area contributed by atoms with Gasteiger partial charge in [0.1, 0.15) is 11.5 Å². The Bertz CT molecular complexity index is 1200. The van der Waals surface area contributed by atoms with E-state index in [1.807, 2.05) is 36.4 Å². The van der Waals surface area contributed by atoms with E-state index in [-0.39, 0.29) is 0 Å². The molecule has 0 atom stereocenters. The number of benzene rings is 4. The zero-order valence-electron chi connectivity index (χ0n) is 17.2. The molecule has 0 N–H and O–H groups in total. The minimum absolute atomic E-state index is 0.707. The van der Waals surface area contributed by atoms with Gasteiger partial charge in [0.25, 0.3) is 0 Å². The number of aryl methyl sites for hydroxylation is 1. The third-order valence-electron chi connectivity index (χ3n) is 5.45. The average molecular weight is 421 g/mol. The molecule has 4 aromatic carbocycles. The maximum Gasteiger partial charge on any atom is 0.143 e. The molecule has 0 unspecified atom stereocenters. The van der Waals surface area contributed by atoms with Crippen molar-refractivity contribution in [3.8, 4) is 44.9 Å². The smallest absolute Gasteiger partial charge is 0.143 e. The van der Waals surface area contributed by atoms with Crippen LogP contribution in [0.3, 0.4) is 0 Å². The predicted molar refractivity (Wildman–Crippen MR) is 130 cm³/mol. The summed E-state index contributed by atoms with van der Waals surface area (Å²) in [5.74, 6) is 1.72. The van der Waals surface area contributed by atoms with Crippen molar-refractivity contribution >= 4 is 11.6 Å². The quantitative estimate of drug-likeness (QED) is 0.283. The van der Waals surface area contributed by atoms with Gasteiger partial charge in [0.05, 0.1) is 0 Å². The van der Waals surface area contributed by atoms with Crippen LogP contribution in [0.1, 0.15) is 5.56 Å². The zero-order valence-corrected chi connectivity index (χ0v) is 17.9. The highest BCUT2D eigenvalue weighted by molar-refractivity contribution is 6.30. The first-order valence-electron chi connectivity index (χ1n) is 10.3. The normalized spacial score (nSPS) is 10.9. The lowest BCUT2D eigenvalue weighted by Gasteiger charge is -2.08. The van der Waals surface area contributed by atoms with Crippen LogP contribution in [-0.4, -0.2) is 0 Å². The molecule has 0 aliphatic rings. The van der Waals surface area contributed by atoms with Gasteiger partial charge in [-0.05, 0) is 42.3 Å². The summed E-state index contributed by atoms with van der Waals surface area (Å²) in [6.07, 6.45) is 0. The Morgan fingerprint density at radius 2 is 0.903 bits per heavy atom. The van der Waals surface area contributed by atoms with Crippen LogP contribution in [0.25, 0.3) is 44.9 Å². The van der Waals surface area contributed by atoms with Crippen LogP contribution in [0.2, 0.25) is 5.02 Å². The van der Waals surface area contributed by atoms with Gasteiger partial charge in [0.2, 0.25) is 0 Å². The Balaban J connectivity index is 1.87. The van der Waals surface area contributed by atoms with Crippen molar-refractivity contribution in [2.75, 3.05) is 0 Å². The van der Waals surface area contributed by atoms with E-state index in [1.165, 1.54) is 5.56 Å². The van der Waals surface area contributed by atoms with Crippen LogP contribution in [0.4, 0.5) is 0 Å². The molecule has 0 aliphatic heterocycles. The van der Waals surface area contributed by atoms with Gasteiger partial charge in [-0.15, -0.1) is 0 Å². The first kappa shape index (κ1) is 19.4. The summed E-state index contributed by atoms with van der Waals surface area (Å²) < 4.78 is 6.66. The molecule has 1 nitrogen and oxygen atoms in total. The Labute approximate surface area is 187 Å². The number of furan rings is 1. The summed E-state index contributed by atoms with van der Waals surface area (Å²) in [7, 11) is 0. The second kappa shape index (κ2) is 8.29. The molecule has 0 bridgehead atoms. The Hall–Kier alpha value is -3.55. The van der Waals surface area contributed by atoms with Crippen molar-refractivity contribution in [3.05, 3.63) is 120 Å². The van der Waals surface area contributed by atoms with Crippen molar-refractivity contribution in [2.24, 2.45) is 0 Å². The second-order valence-corrected chi connectivity index (χ2v) is 8.05. The van der Waals surface area contributed by atoms with Gasteiger partial charge in [-0.1, -0.05) is 102 Å². The Morgan fingerprint density at radius 3 is 1.35 bits per heavy atom. The SMILES string of the molecule is Cc1ccc(-c2oc(-c3ccc(Cl)cc3)c(-c3ccccc3)c2-c2ccccc2)cc1. The average Bonchev–Trinajstić information content (AvgIpc) is 3.22. The number of halogens is 1. The fourth-order valence-corrected chi connectivity index (χ4v) is 4.03. The summed E-state index contributed by atoms with van der Waals surface area (Å²) in [6, 6.07) is 37.2. The van der Waals surface area contributed by atoms with E-state index in [0.717, 1.165) is 44.9 Å². The molecule has 0 radical (unpaired) electrons. The van der Waals surface area contributed by atoms with E-state index in [9.17, 15) is 0 Å². The third-order valence-corrected chi connectivity index (χ3v) is 5.71. The van der Waals surface area contributed by atoms with Crippen molar-refractivity contribution < 1.29 is 4.42 Å². The van der Waals surface area contributed by atoms with Gasteiger partial charge >= 0.3 is 0 Å². The van der Waals surface area contributed by atoms with Gasteiger partial charge in [-0.25, -0.2) is 0 Å². The van der Waals surface area contributed by atoms with Crippen LogP contribution in [-0.2, 0) is 0 Å². The molecule has 1 aromatic heterocycles. The summed E-state index contributed by atoms with van der Waals surface area (Å²) >= 11 is 6.17. The van der Waals surface area contributed by atoms with Gasteiger partial charge in [0, 0.05) is 27.3 Å². The molecule has 0 aliphatic carbocycles. The van der Waals surface area contributed by atoms with E-state index in [0.29, 0.717) is 5.02 Å². The monoisotopic (exact) mass is 420 g/mol. The fourth-order valence-electron chi connectivity index (χ4n) is 3.90. The molecule has 0 spiro atoms. The van der Waals surface area contributed by atoms with E-state index >= 15 is 0 Å². The van der Waals surface area contributed by atoms with Crippen molar-refractivity contribution in [3.63, 3.8) is 0 Å². The first-order chi connectivity index (χ1) is 15.2. The molecule has 0 saturated heterocycles. The first-order valence-corrected chi connectivity index (χ1v) is 10.7. The van der Waals surface area contributed by atoms with Gasteiger partial charge in [-0.3, -0.25) is 0 Å². The fraction of sp³-hybridized carbons (Fsp3) is 0.0345. The molecule has 0 amide bonds. The molecule has 0 saturated carbocycles. The maximum atomic E-state index is 6.66. The van der Waals surface area contributed by atoms with E-state index in [4.69, 9.17) is 16.0 Å². The molecular weight excluding hydrogens is 400 g/mol. The summed E-state index contributed by atoms with van der Waals surface area (Å²) in [5.41, 5.74) is 7.71. The highest BCUT2D eigenvalue weighted by Gasteiger charge is 2.24. The zero-order chi connectivity index (χ0) is 21.2. The van der Waals surface area contributed by atoms with Crippen LogP contribution >= 0.6 is 11.6 Å². The van der Waals surface area contributed by atoms with Gasteiger partial charge in [-0.2, -0.15) is 0 Å². The standard InChI is InChI=1S/C29H21ClO/c1-20-12-14-23(15-13-20)28-26(21-8-4-2-5-9-21)27(22-10-6-3-7-11-22)29(31-28)24-16-18-25(30)19-17-24/h2-19H,1H3. The number of rotatable bonds is 4. The summed E-state index contributed by atoms with van der Waals surface area (Å²) in [5, 5.41) is 0.707. The molecule has 5 aromatic rings. The lowest BCUT2D eigenvalue weighted by Crippen LogP contribution is -1.86. The largest absolute Gasteiger partial charge is 0.455 e. The van der Waals surface area contributed by atoms with Crippen molar-refractivity contribution in [1.82, 2.24) is 0 Å². The Kier molecular flexibility index (Phi) is 5.19. The molecule has 2 heteroatoms. The number of hydrogen-bond acceptors (Lipinski definition) is 1. The van der Waals surface area contributed by atoms with Crippen molar-refractivity contribution in [2.45, 2.75) is 6.92 Å². The second-order valence-electron chi connectivity index (χ2n) is 7.62. The maximum absolute atomic E-state index is 6.66. The lowest BCUT2D eigenvalue weighted by atomic mass is 9.91. The van der Waals surface area contributed by atoms with E-state index < -0.39 is 0 Å². The molecular formula is C29H21ClO. The lowest BCUT2D eigenvalue weighted by molar-refractivity contribution is 0.599.